The van der Waals surface area contributed by atoms with Crippen LogP contribution in [0.4, 0.5) is 0 Å². The summed E-state index contributed by atoms with van der Waals surface area (Å²) in [6.45, 7) is 19.1. The Morgan fingerprint density at radius 3 is 0.660 bits per heavy atom. The zero-order valence-corrected chi connectivity index (χ0v) is 32.9. The van der Waals surface area contributed by atoms with Crippen LogP contribution in [-0.2, 0) is 0 Å². The van der Waals surface area contributed by atoms with E-state index in [0.29, 0.717) is 26.2 Å². The standard InChI is InChI=1S/C41H88N2O4/c1-7-9-11-13-15-17-19-21-23-26-30-42(34-38(3)44,35-39(4)45)32-28-25-29-33-43(36-40(5)46,37-41(6)47)31-27-24-22-20-18-16-14-12-10-8-2/h38-41,44-47H,7-37H2,1-6H3/q+2. The second kappa shape index (κ2) is 30.6. The minimum absolute atomic E-state index is 0.376. The number of aliphatic hydroxyl groups is 4. The van der Waals surface area contributed by atoms with Crippen molar-refractivity contribution in [3.63, 3.8) is 0 Å². The van der Waals surface area contributed by atoms with Crippen molar-refractivity contribution in [2.24, 2.45) is 0 Å². The van der Waals surface area contributed by atoms with E-state index < -0.39 is 0 Å². The topological polar surface area (TPSA) is 80.9 Å². The van der Waals surface area contributed by atoms with E-state index in [1.165, 1.54) is 116 Å². The fourth-order valence-corrected chi connectivity index (χ4v) is 8.29. The van der Waals surface area contributed by atoms with Crippen LogP contribution in [0.5, 0.6) is 0 Å². The van der Waals surface area contributed by atoms with Gasteiger partial charge < -0.3 is 29.4 Å². The number of unbranched alkanes of at least 4 members (excludes halogenated alkanes) is 20. The summed E-state index contributed by atoms with van der Waals surface area (Å²) in [5.41, 5.74) is 0. The van der Waals surface area contributed by atoms with Crippen LogP contribution in [0.2, 0.25) is 0 Å². The molecule has 0 spiro atoms. The Labute approximate surface area is 294 Å². The minimum atomic E-state index is -0.376. The van der Waals surface area contributed by atoms with Gasteiger partial charge in [-0.25, -0.2) is 0 Å². The molecular formula is C41H88N2O4+2. The van der Waals surface area contributed by atoms with Crippen molar-refractivity contribution in [1.82, 2.24) is 0 Å². The third-order valence-corrected chi connectivity index (χ3v) is 10.3. The largest absolute Gasteiger partial charge is 0.388 e. The van der Waals surface area contributed by atoms with Gasteiger partial charge in [-0.1, -0.05) is 117 Å². The van der Waals surface area contributed by atoms with E-state index in [1.54, 1.807) is 0 Å². The number of aliphatic hydroxyl groups excluding tert-OH is 4. The highest BCUT2D eigenvalue weighted by molar-refractivity contribution is 4.60. The third kappa shape index (κ3) is 28.2. The van der Waals surface area contributed by atoms with Crippen LogP contribution in [-0.4, -0.2) is 106 Å². The molecule has 4 atom stereocenters. The molecule has 47 heavy (non-hydrogen) atoms. The second-order valence-electron chi connectivity index (χ2n) is 16.1. The summed E-state index contributed by atoms with van der Waals surface area (Å²) in [6.07, 6.45) is 28.2. The maximum Gasteiger partial charge on any atom is 0.105 e. The Kier molecular flexibility index (Phi) is 30.4. The third-order valence-electron chi connectivity index (χ3n) is 10.3. The fourth-order valence-electron chi connectivity index (χ4n) is 8.29. The lowest BCUT2D eigenvalue weighted by Gasteiger charge is -2.42. The molecule has 0 aliphatic rings. The van der Waals surface area contributed by atoms with Crippen molar-refractivity contribution in [2.45, 2.75) is 214 Å². The van der Waals surface area contributed by atoms with Gasteiger partial charge in [-0.05, 0) is 72.6 Å². The molecule has 0 rings (SSSR count). The van der Waals surface area contributed by atoms with Crippen LogP contribution < -0.4 is 0 Å². The molecule has 0 saturated carbocycles. The molecule has 0 bridgehead atoms. The zero-order chi connectivity index (χ0) is 35.2. The van der Waals surface area contributed by atoms with Crippen LogP contribution in [0, 0.1) is 0 Å². The van der Waals surface area contributed by atoms with Crippen LogP contribution in [0.1, 0.15) is 189 Å². The second-order valence-corrected chi connectivity index (χ2v) is 16.1. The van der Waals surface area contributed by atoms with Gasteiger partial charge in [0, 0.05) is 0 Å². The van der Waals surface area contributed by atoms with Crippen molar-refractivity contribution >= 4 is 0 Å². The molecular weight excluding hydrogens is 584 g/mol. The Morgan fingerprint density at radius 1 is 0.298 bits per heavy atom. The van der Waals surface area contributed by atoms with Crippen LogP contribution in [0.15, 0.2) is 0 Å². The lowest BCUT2D eigenvalue weighted by molar-refractivity contribution is -0.935. The maximum absolute atomic E-state index is 10.5. The van der Waals surface area contributed by atoms with E-state index in [9.17, 15) is 20.4 Å². The molecule has 0 saturated heterocycles. The van der Waals surface area contributed by atoms with Gasteiger partial charge in [0.05, 0.1) is 26.2 Å². The predicted molar refractivity (Wildman–Crippen MR) is 204 cm³/mol. The number of hydrogen-bond donors (Lipinski definition) is 4. The van der Waals surface area contributed by atoms with Gasteiger partial charge in [-0.3, -0.25) is 0 Å². The number of rotatable bonds is 36. The molecule has 0 radical (unpaired) electrons. The van der Waals surface area contributed by atoms with Crippen molar-refractivity contribution in [1.29, 1.82) is 0 Å². The average Bonchev–Trinajstić information content (AvgIpc) is 2.97. The SMILES string of the molecule is CCCCCCCCCCCC[N+](CCCCC[N+](CCCCCCCCCCCC)(CC(C)O)CC(C)O)(CC(C)O)CC(C)O. The van der Waals surface area contributed by atoms with E-state index >= 15 is 0 Å². The highest BCUT2D eigenvalue weighted by Crippen LogP contribution is 2.21. The number of quaternary nitrogens is 2. The van der Waals surface area contributed by atoms with Crippen molar-refractivity contribution in [3.8, 4) is 0 Å². The molecule has 4 N–H and O–H groups in total. The van der Waals surface area contributed by atoms with E-state index in [2.05, 4.69) is 13.8 Å². The molecule has 6 heteroatoms. The lowest BCUT2D eigenvalue weighted by atomic mass is 10.0. The highest BCUT2D eigenvalue weighted by Gasteiger charge is 2.32. The van der Waals surface area contributed by atoms with Gasteiger partial charge in [0.25, 0.3) is 0 Å². The van der Waals surface area contributed by atoms with E-state index in [-0.39, 0.29) is 24.4 Å². The Hall–Kier alpha value is -0.240. The molecule has 284 valence electrons. The van der Waals surface area contributed by atoms with Crippen molar-refractivity contribution in [2.75, 3.05) is 52.4 Å². The highest BCUT2D eigenvalue weighted by atomic mass is 16.3. The summed E-state index contributed by atoms with van der Waals surface area (Å²) in [6, 6.07) is 0. The monoisotopic (exact) mass is 673 g/mol. The molecule has 0 aliphatic heterocycles. The van der Waals surface area contributed by atoms with E-state index in [1.807, 2.05) is 27.7 Å². The van der Waals surface area contributed by atoms with E-state index in [4.69, 9.17) is 0 Å². The Bertz CT molecular complexity index is 581. The maximum atomic E-state index is 10.5. The first-order valence-corrected chi connectivity index (χ1v) is 20.9. The van der Waals surface area contributed by atoms with Gasteiger partial charge in [0.2, 0.25) is 0 Å². The summed E-state index contributed by atoms with van der Waals surface area (Å²) >= 11 is 0. The summed E-state index contributed by atoms with van der Waals surface area (Å²) in [5, 5.41) is 41.9. The molecule has 0 amide bonds. The first kappa shape index (κ1) is 46.8. The van der Waals surface area contributed by atoms with Crippen LogP contribution in [0.3, 0.4) is 0 Å². The van der Waals surface area contributed by atoms with Crippen LogP contribution in [0.25, 0.3) is 0 Å². The van der Waals surface area contributed by atoms with Gasteiger partial charge in [-0.15, -0.1) is 0 Å². The first-order chi connectivity index (χ1) is 22.5. The molecule has 0 aromatic heterocycles. The van der Waals surface area contributed by atoms with Gasteiger partial charge in [0.1, 0.15) is 50.6 Å². The lowest BCUT2D eigenvalue weighted by Crippen LogP contribution is -2.56. The molecule has 0 aliphatic carbocycles. The number of nitrogens with zero attached hydrogens (tertiary/aromatic N) is 2. The molecule has 6 nitrogen and oxygen atoms in total. The fraction of sp³-hybridized carbons (Fsp3) is 1.00. The predicted octanol–water partition coefficient (Wildman–Crippen LogP) is 9.16. The van der Waals surface area contributed by atoms with Crippen LogP contribution >= 0.6 is 0 Å². The Balaban J connectivity index is 4.95. The minimum Gasteiger partial charge on any atom is -0.388 e. The zero-order valence-electron chi connectivity index (χ0n) is 32.9. The summed E-state index contributed by atoms with van der Waals surface area (Å²) < 4.78 is 1.62. The van der Waals surface area contributed by atoms with Gasteiger partial charge in [-0.2, -0.15) is 0 Å². The van der Waals surface area contributed by atoms with Gasteiger partial charge in [0.15, 0.2) is 0 Å². The van der Waals surface area contributed by atoms with Gasteiger partial charge >= 0.3 is 0 Å². The van der Waals surface area contributed by atoms with E-state index in [0.717, 1.165) is 67.2 Å². The molecule has 0 heterocycles. The summed E-state index contributed by atoms with van der Waals surface area (Å²) in [7, 11) is 0. The molecule has 0 fully saturated rings. The van der Waals surface area contributed by atoms with Crippen molar-refractivity contribution in [3.05, 3.63) is 0 Å². The first-order valence-electron chi connectivity index (χ1n) is 20.9. The van der Waals surface area contributed by atoms with Crippen molar-refractivity contribution < 1.29 is 29.4 Å². The number of hydrogen-bond acceptors (Lipinski definition) is 4. The smallest absolute Gasteiger partial charge is 0.105 e. The quantitative estimate of drug-likeness (QED) is 0.0395. The molecule has 4 unspecified atom stereocenters. The molecule has 0 aromatic rings. The molecule has 0 aromatic carbocycles. The summed E-state index contributed by atoms with van der Waals surface area (Å²) in [4.78, 5) is 0. The average molecular weight is 673 g/mol. The normalized spacial score (nSPS) is 17.2. The summed E-state index contributed by atoms with van der Waals surface area (Å²) in [5.74, 6) is 0. The Morgan fingerprint density at radius 2 is 0.468 bits per heavy atom.